The predicted molar refractivity (Wildman–Crippen MR) is 84.3 cm³/mol. The molecule has 0 fully saturated rings. The van der Waals surface area contributed by atoms with Gasteiger partial charge < -0.3 is 15.7 Å². The predicted octanol–water partition coefficient (Wildman–Crippen LogP) is 3.86. The molecular formula is C15H14Cl2N2O2. The lowest BCUT2D eigenvalue weighted by Crippen LogP contribution is -2.14. The molecule has 0 aliphatic heterocycles. The summed E-state index contributed by atoms with van der Waals surface area (Å²) in [5, 5.41) is 12.6. The van der Waals surface area contributed by atoms with Gasteiger partial charge in [0.25, 0.3) is 0 Å². The van der Waals surface area contributed by atoms with Gasteiger partial charge in [-0.25, -0.2) is 0 Å². The standard InChI is InChI=1S/C15H14Cl2N2O2/c16-12-4-3-11(14(17)8-12)9-21-13-5-1-10(2-6-13)7-15(18)19-20/h1-6,8,20H,7,9H2,(H2,18,19). The van der Waals surface area contributed by atoms with Gasteiger partial charge in [0, 0.05) is 22.0 Å². The van der Waals surface area contributed by atoms with Gasteiger partial charge in [-0.1, -0.05) is 46.6 Å². The van der Waals surface area contributed by atoms with Gasteiger partial charge in [0.15, 0.2) is 0 Å². The summed E-state index contributed by atoms with van der Waals surface area (Å²) in [7, 11) is 0. The maximum atomic E-state index is 8.52. The number of benzene rings is 2. The van der Waals surface area contributed by atoms with E-state index in [1.807, 2.05) is 30.3 Å². The van der Waals surface area contributed by atoms with E-state index in [4.69, 9.17) is 38.9 Å². The number of ether oxygens (including phenoxy) is 1. The van der Waals surface area contributed by atoms with Crippen LogP contribution in [0.4, 0.5) is 0 Å². The van der Waals surface area contributed by atoms with Crippen molar-refractivity contribution in [3.05, 3.63) is 63.6 Å². The molecule has 0 atom stereocenters. The minimum atomic E-state index is 0.164. The summed E-state index contributed by atoms with van der Waals surface area (Å²) in [6, 6.07) is 12.6. The zero-order valence-electron chi connectivity index (χ0n) is 11.1. The van der Waals surface area contributed by atoms with Crippen LogP contribution in [0, 0.1) is 0 Å². The first-order chi connectivity index (χ1) is 10.1. The number of oxime groups is 1. The SMILES string of the molecule is N/C(Cc1ccc(OCc2ccc(Cl)cc2Cl)cc1)=N\O. The highest BCUT2D eigenvalue weighted by atomic mass is 35.5. The molecule has 0 unspecified atom stereocenters. The van der Waals surface area contributed by atoms with E-state index in [0.29, 0.717) is 28.8 Å². The Labute approximate surface area is 132 Å². The van der Waals surface area contributed by atoms with Gasteiger partial charge in [-0.05, 0) is 29.8 Å². The Morgan fingerprint density at radius 1 is 1.14 bits per heavy atom. The fourth-order valence-electron chi connectivity index (χ4n) is 1.75. The van der Waals surface area contributed by atoms with Gasteiger partial charge in [-0.15, -0.1) is 0 Å². The van der Waals surface area contributed by atoms with Crippen molar-refractivity contribution >= 4 is 29.0 Å². The number of hydrogen-bond donors (Lipinski definition) is 2. The van der Waals surface area contributed by atoms with Crippen LogP contribution < -0.4 is 10.5 Å². The van der Waals surface area contributed by atoms with E-state index in [0.717, 1.165) is 11.1 Å². The van der Waals surface area contributed by atoms with E-state index in [-0.39, 0.29) is 5.84 Å². The van der Waals surface area contributed by atoms with Gasteiger partial charge in [0.2, 0.25) is 0 Å². The highest BCUT2D eigenvalue weighted by Crippen LogP contribution is 2.22. The molecule has 2 rings (SSSR count). The molecule has 110 valence electrons. The smallest absolute Gasteiger partial charge is 0.143 e. The molecule has 0 bridgehead atoms. The molecule has 0 heterocycles. The molecular weight excluding hydrogens is 311 g/mol. The first-order valence-electron chi connectivity index (χ1n) is 6.20. The Balaban J connectivity index is 1.97. The number of amidine groups is 1. The van der Waals surface area contributed by atoms with Gasteiger partial charge in [-0.2, -0.15) is 0 Å². The van der Waals surface area contributed by atoms with Crippen molar-refractivity contribution in [3.8, 4) is 5.75 Å². The highest BCUT2D eigenvalue weighted by Gasteiger charge is 2.03. The van der Waals surface area contributed by atoms with Gasteiger partial charge >= 0.3 is 0 Å². The quantitative estimate of drug-likeness (QED) is 0.380. The zero-order valence-corrected chi connectivity index (χ0v) is 12.6. The number of halogens is 2. The van der Waals surface area contributed by atoms with E-state index in [1.54, 1.807) is 12.1 Å². The molecule has 2 aromatic carbocycles. The topological polar surface area (TPSA) is 67.8 Å². The Morgan fingerprint density at radius 3 is 2.48 bits per heavy atom. The van der Waals surface area contributed by atoms with E-state index in [9.17, 15) is 0 Å². The molecule has 0 radical (unpaired) electrons. The molecule has 4 nitrogen and oxygen atoms in total. The summed E-state index contributed by atoms with van der Waals surface area (Å²) in [6.45, 7) is 0.357. The van der Waals surface area contributed by atoms with Crippen LogP contribution in [-0.2, 0) is 13.0 Å². The monoisotopic (exact) mass is 324 g/mol. The highest BCUT2D eigenvalue weighted by molar-refractivity contribution is 6.35. The van der Waals surface area contributed by atoms with E-state index in [1.165, 1.54) is 0 Å². The van der Waals surface area contributed by atoms with Crippen LogP contribution in [0.5, 0.6) is 5.75 Å². The van der Waals surface area contributed by atoms with Crippen LogP contribution in [-0.4, -0.2) is 11.0 Å². The maximum absolute atomic E-state index is 8.52. The van der Waals surface area contributed by atoms with Crippen molar-refractivity contribution < 1.29 is 9.94 Å². The molecule has 3 N–H and O–H groups in total. The molecule has 0 amide bonds. The van der Waals surface area contributed by atoms with Crippen molar-refractivity contribution in [3.63, 3.8) is 0 Å². The van der Waals surface area contributed by atoms with Crippen molar-refractivity contribution in [1.82, 2.24) is 0 Å². The number of hydrogen-bond acceptors (Lipinski definition) is 3. The Morgan fingerprint density at radius 2 is 1.86 bits per heavy atom. The average Bonchev–Trinajstić information content (AvgIpc) is 2.48. The normalized spacial score (nSPS) is 11.4. The summed E-state index contributed by atoms with van der Waals surface area (Å²) in [5.74, 6) is 0.876. The molecule has 0 aliphatic rings. The first kappa shape index (κ1) is 15.5. The molecule has 6 heteroatoms. The third kappa shape index (κ3) is 4.55. The van der Waals surface area contributed by atoms with Crippen molar-refractivity contribution in [2.24, 2.45) is 10.9 Å². The van der Waals surface area contributed by atoms with E-state index < -0.39 is 0 Å². The largest absolute Gasteiger partial charge is 0.489 e. The van der Waals surface area contributed by atoms with Crippen LogP contribution in [0.2, 0.25) is 10.0 Å². The average molecular weight is 325 g/mol. The minimum Gasteiger partial charge on any atom is -0.489 e. The molecule has 0 aliphatic carbocycles. The third-order valence-electron chi connectivity index (χ3n) is 2.85. The van der Waals surface area contributed by atoms with E-state index in [2.05, 4.69) is 5.16 Å². The van der Waals surface area contributed by atoms with Crippen LogP contribution in [0.3, 0.4) is 0 Å². The minimum absolute atomic E-state index is 0.164. The number of rotatable bonds is 5. The van der Waals surface area contributed by atoms with Crippen molar-refractivity contribution in [1.29, 1.82) is 0 Å². The second-order valence-corrected chi connectivity index (χ2v) is 5.28. The maximum Gasteiger partial charge on any atom is 0.143 e. The van der Waals surface area contributed by atoms with Gasteiger partial charge in [0.05, 0.1) is 0 Å². The second kappa shape index (κ2) is 7.20. The van der Waals surface area contributed by atoms with Crippen LogP contribution >= 0.6 is 23.2 Å². The van der Waals surface area contributed by atoms with Crippen LogP contribution in [0.25, 0.3) is 0 Å². The molecule has 2 aromatic rings. The molecule has 21 heavy (non-hydrogen) atoms. The first-order valence-corrected chi connectivity index (χ1v) is 6.96. The molecule has 0 saturated heterocycles. The van der Waals surface area contributed by atoms with Crippen LogP contribution in [0.15, 0.2) is 47.6 Å². The molecule has 0 spiro atoms. The lowest BCUT2D eigenvalue weighted by atomic mass is 10.1. The summed E-state index contributed by atoms with van der Waals surface area (Å²) in [5.41, 5.74) is 7.25. The molecule has 0 aromatic heterocycles. The van der Waals surface area contributed by atoms with Gasteiger partial charge in [0.1, 0.15) is 18.2 Å². The van der Waals surface area contributed by atoms with E-state index >= 15 is 0 Å². The zero-order chi connectivity index (χ0) is 15.2. The lowest BCUT2D eigenvalue weighted by Gasteiger charge is -2.09. The third-order valence-corrected chi connectivity index (χ3v) is 3.43. The summed E-state index contributed by atoms with van der Waals surface area (Å²) in [6.07, 6.45) is 0.389. The Bertz CT molecular complexity index is 643. The number of nitrogens with two attached hydrogens (primary N) is 1. The second-order valence-electron chi connectivity index (χ2n) is 4.44. The number of nitrogens with zero attached hydrogens (tertiary/aromatic N) is 1. The van der Waals surface area contributed by atoms with Gasteiger partial charge in [-0.3, -0.25) is 0 Å². The van der Waals surface area contributed by atoms with Crippen molar-refractivity contribution in [2.75, 3.05) is 0 Å². The molecule has 0 saturated carbocycles. The summed E-state index contributed by atoms with van der Waals surface area (Å²) >= 11 is 11.9. The summed E-state index contributed by atoms with van der Waals surface area (Å²) < 4.78 is 5.66. The fraction of sp³-hybridized carbons (Fsp3) is 0.133. The Kier molecular flexibility index (Phi) is 5.31. The fourth-order valence-corrected chi connectivity index (χ4v) is 2.21. The van der Waals surface area contributed by atoms with Crippen molar-refractivity contribution in [2.45, 2.75) is 13.0 Å². The Hall–Kier alpha value is -1.91. The lowest BCUT2D eigenvalue weighted by molar-refractivity contribution is 0.306. The summed E-state index contributed by atoms with van der Waals surface area (Å²) in [4.78, 5) is 0. The van der Waals surface area contributed by atoms with Crippen LogP contribution in [0.1, 0.15) is 11.1 Å².